The minimum Gasteiger partial charge on any atom is -0.489 e. The first-order valence-electron chi connectivity index (χ1n) is 6.41. The van der Waals surface area contributed by atoms with Gasteiger partial charge in [-0.25, -0.2) is 0 Å². The topological polar surface area (TPSA) is 21.3 Å². The first kappa shape index (κ1) is 14.0. The first-order valence-corrected chi connectivity index (χ1v) is 7.17. The fraction of sp³-hybridized carbons (Fsp3) is 0.571. The SMILES string of the molecule is CC(C)C(CNC1CC1)Oc1ccc(Cl)c(Cl)c1. The fourth-order valence-electron chi connectivity index (χ4n) is 1.71. The number of rotatable bonds is 6. The van der Waals surface area contributed by atoms with Gasteiger partial charge < -0.3 is 10.1 Å². The highest BCUT2D eigenvalue weighted by molar-refractivity contribution is 6.42. The number of halogens is 2. The van der Waals surface area contributed by atoms with Crippen LogP contribution in [0.2, 0.25) is 10.0 Å². The number of benzene rings is 1. The normalized spacial score (nSPS) is 16.9. The van der Waals surface area contributed by atoms with Crippen molar-refractivity contribution in [1.82, 2.24) is 5.32 Å². The molecule has 1 atom stereocenters. The number of nitrogens with one attached hydrogen (secondary N) is 1. The lowest BCUT2D eigenvalue weighted by atomic mass is 10.1. The summed E-state index contributed by atoms with van der Waals surface area (Å²) in [4.78, 5) is 0. The molecule has 1 unspecified atom stereocenters. The summed E-state index contributed by atoms with van der Waals surface area (Å²) in [6, 6.07) is 6.10. The van der Waals surface area contributed by atoms with Crippen molar-refractivity contribution < 1.29 is 4.74 Å². The van der Waals surface area contributed by atoms with E-state index in [1.54, 1.807) is 12.1 Å². The smallest absolute Gasteiger partial charge is 0.121 e. The molecule has 1 fully saturated rings. The van der Waals surface area contributed by atoms with Crippen LogP contribution in [0.3, 0.4) is 0 Å². The van der Waals surface area contributed by atoms with Gasteiger partial charge >= 0.3 is 0 Å². The molecule has 2 rings (SSSR count). The van der Waals surface area contributed by atoms with Crippen LogP contribution in [0.25, 0.3) is 0 Å². The summed E-state index contributed by atoms with van der Waals surface area (Å²) in [6.07, 6.45) is 2.73. The summed E-state index contributed by atoms with van der Waals surface area (Å²) in [5.41, 5.74) is 0. The van der Waals surface area contributed by atoms with Gasteiger partial charge in [-0.05, 0) is 30.9 Å². The monoisotopic (exact) mass is 287 g/mol. The Morgan fingerprint density at radius 1 is 1.28 bits per heavy atom. The number of hydrogen-bond acceptors (Lipinski definition) is 2. The number of hydrogen-bond donors (Lipinski definition) is 1. The Balaban J connectivity index is 1.95. The molecule has 1 saturated carbocycles. The zero-order valence-corrected chi connectivity index (χ0v) is 12.3. The average molecular weight is 288 g/mol. The molecule has 4 heteroatoms. The van der Waals surface area contributed by atoms with E-state index in [2.05, 4.69) is 19.2 Å². The zero-order valence-electron chi connectivity index (χ0n) is 10.7. The second-order valence-electron chi connectivity index (χ2n) is 5.16. The maximum atomic E-state index is 5.99. The zero-order chi connectivity index (χ0) is 13.1. The van der Waals surface area contributed by atoms with Crippen LogP contribution in [0.4, 0.5) is 0 Å². The molecule has 0 bridgehead atoms. The molecule has 1 aromatic rings. The molecule has 1 aliphatic rings. The summed E-state index contributed by atoms with van der Waals surface area (Å²) in [7, 11) is 0. The second kappa shape index (κ2) is 6.14. The minimum absolute atomic E-state index is 0.155. The molecule has 1 aliphatic carbocycles. The van der Waals surface area contributed by atoms with Gasteiger partial charge in [0.1, 0.15) is 11.9 Å². The van der Waals surface area contributed by atoms with Crippen LogP contribution in [0, 0.1) is 5.92 Å². The van der Waals surface area contributed by atoms with Crippen molar-refractivity contribution >= 4 is 23.2 Å². The van der Waals surface area contributed by atoms with Gasteiger partial charge in [-0.1, -0.05) is 37.0 Å². The molecule has 0 saturated heterocycles. The molecule has 100 valence electrons. The van der Waals surface area contributed by atoms with E-state index in [0.29, 0.717) is 22.0 Å². The molecule has 0 aliphatic heterocycles. The van der Waals surface area contributed by atoms with E-state index in [9.17, 15) is 0 Å². The summed E-state index contributed by atoms with van der Waals surface area (Å²) in [5.74, 6) is 1.23. The molecule has 1 N–H and O–H groups in total. The molecule has 0 amide bonds. The molecule has 0 radical (unpaired) electrons. The van der Waals surface area contributed by atoms with E-state index in [1.807, 2.05) is 6.07 Å². The summed E-state index contributed by atoms with van der Waals surface area (Å²) < 4.78 is 5.98. The van der Waals surface area contributed by atoms with Crippen LogP contribution >= 0.6 is 23.2 Å². The predicted octanol–water partition coefficient (Wildman–Crippen LogP) is 4.15. The Hall–Kier alpha value is -0.440. The largest absolute Gasteiger partial charge is 0.489 e. The van der Waals surface area contributed by atoms with Crippen LogP contribution in [-0.2, 0) is 0 Å². The predicted molar refractivity (Wildman–Crippen MR) is 76.7 cm³/mol. The Morgan fingerprint density at radius 2 is 2.00 bits per heavy atom. The Bertz CT molecular complexity index is 405. The average Bonchev–Trinajstić information content (AvgIpc) is 3.12. The lowest BCUT2D eigenvalue weighted by Crippen LogP contribution is -2.36. The van der Waals surface area contributed by atoms with Gasteiger partial charge in [0, 0.05) is 18.7 Å². The van der Waals surface area contributed by atoms with Crippen molar-refractivity contribution in [3.05, 3.63) is 28.2 Å². The van der Waals surface area contributed by atoms with E-state index in [0.717, 1.165) is 12.3 Å². The highest BCUT2D eigenvalue weighted by atomic mass is 35.5. The Kier molecular flexibility index (Phi) is 4.77. The summed E-state index contributed by atoms with van der Waals surface area (Å²) in [5, 5.41) is 4.59. The third-order valence-electron chi connectivity index (χ3n) is 3.11. The van der Waals surface area contributed by atoms with Gasteiger partial charge in [-0.15, -0.1) is 0 Å². The second-order valence-corrected chi connectivity index (χ2v) is 5.97. The van der Waals surface area contributed by atoms with Gasteiger partial charge in [0.2, 0.25) is 0 Å². The molecule has 2 nitrogen and oxygen atoms in total. The fourth-order valence-corrected chi connectivity index (χ4v) is 2.00. The van der Waals surface area contributed by atoms with E-state index in [-0.39, 0.29) is 6.10 Å². The van der Waals surface area contributed by atoms with Crippen molar-refractivity contribution in [3.63, 3.8) is 0 Å². The molecule has 0 spiro atoms. The molecule has 0 aromatic heterocycles. The van der Waals surface area contributed by atoms with Crippen LogP contribution in [-0.4, -0.2) is 18.7 Å². The standard InChI is InChI=1S/C14H19Cl2NO/c1-9(2)14(8-17-10-3-4-10)18-11-5-6-12(15)13(16)7-11/h5-7,9-10,14,17H,3-4,8H2,1-2H3. The minimum atomic E-state index is 0.155. The van der Waals surface area contributed by atoms with Crippen molar-refractivity contribution in [2.45, 2.75) is 38.8 Å². The van der Waals surface area contributed by atoms with E-state index in [4.69, 9.17) is 27.9 Å². The number of ether oxygens (including phenoxy) is 1. The Morgan fingerprint density at radius 3 is 2.56 bits per heavy atom. The van der Waals surface area contributed by atoms with E-state index in [1.165, 1.54) is 12.8 Å². The van der Waals surface area contributed by atoms with Crippen LogP contribution < -0.4 is 10.1 Å². The Labute approximate surface area is 119 Å². The third kappa shape index (κ3) is 4.04. The van der Waals surface area contributed by atoms with Crippen molar-refractivity contribution in [2.75, 3.05) is 6.54 Å². The van der Waals surface area contributed by atoms with Gasteiger partial charge in [-0.3, -0.25) is 0 Å². The van der Waals surface area contributed by atoms with Crippen LogP contribution in [0.15, 0.2) is 18.2 Å². The maximum absolute atomic E-state index is 5.99. The third-order valence-corrected chi connectivity index (χ3v) is 3.85. The van der Waals surface area contributed by atoms with Gasteiger partial charge in [-0.2, -0.15) is 0 Å². The van der Waals surface area contributed by atoms with Crippen molar-refractivity contribution in [3.8, 4) is 5.75 Å². The molecular weight excluding hydrogens is 269 g/mol. The first-order chi connectivity index (χ1) is 8.56. The van der Waals surface area contributed by atoms with Gasteiger partial charge in [0.25, 0.3) is 0 Å². The highest BCUT2D eigenvalue weighted by Crippen LogP contribution is 2.27. The lowest BCUT2D eigenvalue weighted by molar-refractivity contribution is 0.148. The summed E-state index contributed by atoms with van der Waals surface area (Å²) >= 11 is 11.9. The molecular formula is C14H19Cl2NO. The van der Waals surface area contributed by atoms with Gasteiger partial charge in [0.15, 0.2) is 0 Å². The maximum Gasteiger partial charge on any atom is 0.121 e. The van der Waals surface area contributed by atoms with E-state index < -0.39 is 0 Å². The van der Waals surface area contributed by atoms with Crippen molar-refractivity contribution in [2.24, 2.45) is 5.92 Å². The van der Waals surface area contributed by atoms with Crippen molar-refractivity contribution in [1.29, 1.82) is 0 Å². The quantitative estimate of drug-likeness (QED) is 0.849. The highest BCUT2D eigenvalue weighted by Gasteiger charge is 2.23. The van der Waals surface area contributed by atoms with Crippen LogP contribution in [0.5, 0.6) is 5.75 Å². The molecule has 0 heterocycles. The van der Waals surface area contributed by atoms with Crippen LogP contribution in [0.1, 0.15) is 26.7 Å². The molecule has 1 aromatic carbocycles. The van der Waals surface area contributed by atoms with E-state index >= 15 is 0 Å². The summed E-state index contributed by atoms with van der Waals surface area (Å²) in [6.45, 7) is 5.20. The van der Waals surface area contributed by atoms with Gasteiger partial charge in [0.05, 0.1) is 10.0 Å². The molecule has 18 heavy (non-hydrogen) atoms. The lowest BCUT2D eigenvalue weighted by Gasteiger charge is -2.23.